The van der Waals surface area contributed by atoms with E-state index < -0.39 is 86.6 Å². The number of carboxylic acids is 1. The fourth-order valence-electron chi connectivity index (χ4n) is 3.76. The van der Waals surface area contributed by atoms with Crippen LogP contribution in [0.2, 0.25) is 0 Å². The van der Waals surface area contributed by atoms with Gasteiger partial charge in [0.2, 0.25) is 5.79 Å². The number of aliphatic hydroxyl groups is 7. The molecule has 0 aromatic rings. The molecule has 2 aliphatic heterocycles. The lowest BCUT2D eigenvalue weighted by Gasteiger charge is -2.47. The van der Waals surface area contributed by atoms with Crippen molar-refractivity contribution in [2.75, 3.05) is 19.8 Å². The van der Waals surface area contributed by atoms with Crippen LogP contribution in [0.3, 0.4) is 0 Å². The number of hydrogen-bond acceptors (Lipinski definition) is 12. The lowest BCUT2D eigenvalue weighted by molar-refractivity contribution is -0.367. The number of hydrogen-bond donors (Lipinski definition) is 9. The Bertz CT molecular complexity index is 618. The molecule has 0 aromatic carbocycles. The van der Waals surface area contributed by atoms with Crippen molar-refractivity contribution in [2.24, 2.45) is 5.92 Å². The van der Waals surface area contributed by atoms with E-state index in [9.17, 15) is 45.6 Å². The Hall–Kier alpha value is -0.970. The summed E-state index contributed by atoms with van der Waals surface area (Å²) >= 11 is 0. The molecule has 1 saturated carbocycles. The van der Waals surface area contributed by atoms with Gasteiger partial charge in [-0.2, -0.15) is 0 Å². The van der Waals surface area contributed by atoms with Gasteiger partial charge < -0.3 is 55.1 Å². The Morgan fingerprint density at radius 1 is 1.13 bits per heavy atom. The first-order chi connectivity index (χ1) is 14.6. The molecular weight excluding hydrogens is 422 g/mol. The first-order valence-corrected chi connectivity index (χ1v) is 10.2. The van der Waals surface area contributed by atoms with E-state index >= 15 is 0 Å². The second-order valence-corrected chi connectivity index (χ2v) is 8.42. The number of nitrogens with one attached hydrogen (secondary N) is 1. The summed E-state index contributed by atoms with van der Waals surface area (Å²) < 4.78 is 15.8. The van der Waals surface area contributed by atoms with E-state index in [1.165, 1.54) is 0 Å². The highest BCUT2D eigenvalue weighted by atomic mass is 16.7. The van der Waals surface area contributed by atoms with Crippen molar-refractivity contribution in [2.45, 2.75) is 80.1 Å². The zero-order valence-electron chi connectivity index (χ0n) is 16.7. The number of carbonyl (C=O) groups is 1. The Morgan fingerprint density at radius 2 is 1.81 bits per heavy atom. The number of carboxylic acid groups (broad SMARTS) is 1. The molecule has 13 heteroatoms. The molecule has 0 spiro atoms. The molecule has 2 saturated heterocycles. The van der Waals surface area contributed by atoms with Crippen molar-refractivity contribution in [1.82, 2.24) is 5.32 Å². The van der Waals surface area contributed by atoms with E-state index in [1.807, 2.05) is 0 Å². The van der Waals surface area contributed by atoms with Crippen LogP contribution in [-0.2, 0) is 19.0 Å². The van der Waals surface area contributed by atoms with Crippen LogP contribution in [0.4, 0.5) is 0 Å². The smallest absolute Gasteiger partial charge is 0.320 e. The van der Waals surface area contributed by atoms with Gasteiger partial charge >= 0.3 is 5.97 Å². The van der Waals surface area contributed by atoms with Gasteiger partial charge in [0.25, 0.3) is 0 Å². The number of ether oxygens (including phenoxy) is 3. The molecule has 10 atom stereocenters. The maximum absolute atomic E-state index is 11.4. The third-order valence-corrected chi connectivity index (χ3v) is 5.96. The fraction of sp³-hybridized carbons (Fsp3) is 0.944. The molecule has 13 nitrogen and oxygen atoms in total. The maximum atomic E-state index is 11.4. The lowest BCUT2D eigenvalue weighted by atomic mass is 9.95. The van der Waals surface area contributed by atoms with E-state index in [1.54, 1.807) is 0 Å². The van der Waals surface area contributed by atoms with E-state index in [0.717, 1.165) is 12.8 Å². The van der Waals surface area contributed by atoms with Gasteiger partial charge in [-0.15, -0.1) is 0 Å². The molecule has 180 valence electrons. The van der Waals surface area contributed by atoms with Gasteiger partial charge in [-0.1, -0.05) is 12.8 Å². The summed E-state index contributed by atoms with van der Waals surface area (Å²) in [6, 6.07) is -0.969. The third-order valence-electron chi connectivity index (χ3n) is 5.96. The van der Waals surface area contributed by atoms with Crippen molar-refractivity contribution < 1.29 is 59.9 Å². The molecule has 0 radical (unpaired) electrons. The molecule has 3 fully saturated rings. The molecule has 0 amide bonds. The number of aliphatic hydroxyl groups excluding tert-OH is 6. The van der Waals surface area contributed by atoms with E-state index in [4.69, 9.17) is 14.2 Å². The summed E-state index contributed by atoms with van der Waals surface area (Å²) in [5, 5.41) is 82.6. The summed E-state index contributed by atoms with van der Waals surface area (Å²) in [6.45, 7) is -1.67. The normalized spacial score (nSPS) is 44.7. The highest BCUT2D eigenvalue weighted by Gasteiger charge is 2.53. The topological polar surface area (TPSA) is 219 Å². The second kappa shape index (κ2) is 9.89. The van der Waals surface area contributed by atoms with Crippen molar-refractivity contribution in [3.8, 4) is 0 Å². The first-order valence-electron chi connectivity index (χ1n) is 10.2. The lowest BCUT2D eigenvalue weighted by Crippen LogP contribution is -2.68. The highest BCUT2D eigenvalue weighted by molar-refractivity contribution is 5.73. The van der Waals surface area contributed by atoms with Crippen LogP contribution in [0.15, 0.2) is 0 Å². The monoisotopic (exact) mass is 453 g/mol. The molecule has 0 aromatic heterocycles. The standard InChI is InChI=1S/C18H31NO12/c20-4-10-11(22)12(23)13(24)17(30-10)31-14-9(21)5-29-18(28,15(14)25)6-19-8(16(26)27)3-7-1-2-7/h7-15,17,19-25,28H,1-6H2,(H,26,27)/t8-,9+,10+,11-,12-,13+,14+,15-,17-,18+/m0/s1. The minimum absolute atomic E-state index is 0.282. The summed E-state index contributed by atoms with van der Waals surface area (Å²) in [5.41, 5.74) is 0. The average Bonchev–Trinajstić information content (AvgIpc) is 3.55. The molecule has 3 aliphatic rings. The Morgan fingerprint density at radius 3 is 2.39 bits per heavy atom. The van der Waals surface area contributed by atoms with Gasteiger partial charge in [-0.05, 0) is 12.3 Å². The Balaban J connectivity index is 1.65. The van der Waals surface area contributed by atoms with Gasteiger partial charge in [-0.3, -0.25) is 10.1 Å². The van der Waals surface area contributed by atoms with Crippen LogP contribution < -0.4 is 5.32 Å². The summed E-state index contributed by atoms with van der Waals surface area (Å²) in [6.07, 6.45) is -10.8. The van der Waals surface area contributed by atoms with Gasteiger partial charge in [-0.25, -0.2) is 0 Å². The molecule has 3 rings (SSSR count). The van der Waals surface area contributed by atoms with Crippen LogP contribution >= 0.6 is 0 Å². The molecule has 9 N–H and O–H groups in total. The minimum atomic E-state index is -2.32. The zero-order valence-corrected chi connectivity index (χ0v) is 16.7. The van der Waals surface area contributed by atoms with Gasteiger partial charge in [0.15, 0.2) is 6.29 Å². The first kappa shape index (κ1) is 24.7. The molecule has 0 unspecified atom stereocenters. The van der Waals surface area contributed by atoms with E-state index in [2.05, 4.69) is 5.32 Å². The van der Waals surface area contributed by atoms with Gasteiger partial charge in [0, 0.05) is 0 Å². The SMILES string of the molecule is O=C(O)[C@H](CC1CC1)NC[C@@]1(O)OC[C@@H](O)[C@@H](O[C@@H]2O[C@H](CO)[C@H](O)[C@H](O)[C@H]2O)[C@@H]1O. The van der Waals surface area contributed by atoms with Gasteiger partial charge in [0.1, 0.15) is 48.8 Å². The fourth-order valence-corrected chi connectivity index (χ4v) is 3.76. The maximum Gasteiger partial charge on any atom is 0.320 e. The molecule has 2 heterocycles. The average molecular weight is 453 g/mol. The molecule has 31 heavy (non-hydrogen) atoms. The molecule has 1 aliphatic carbocycles. The van der Waals surface area contributed by atoms with Crippen LogP contribution in [0.1, 0.15) is 19.3 Å². The quantitative estimate of drug-likeness (QED) is 0.161. The molecule has 0 bridgehead atoms. The largest absolute Gasteiger partial charge is 0.480 e. The number of aliphatic carboxylic acids is 1. The summed E-state index contributed by atoms with van der Waals surface area (Å²) in [7, 11) is 0. The van der Waals surface area contributed by atoms with Crippen LogP contribution in [-0.4, -0.2) is 127 Å². The second-order valence-electron chi connectivity index (χ2n) is 8.42. The van der Waals surface area contributed by atoms with Crippen molar-refractivity contribution in [3.05, 3.63) is 0 Å². The Labute approximate surface area is 177 Å². The predicted molar refractivity (Wildman–Crippen MR) is 98.3 cm³/mol. The van der Waals surface area contributed by atoms with Crippen LogP contribution in [0.25, 0.3) is 0 Å². The van der Waals surface area contributed by atoms with Crippen molar-refractivity contribution in [1.29, 1.82) is 0 Å². The van der Waals surface area contributed by atoms with Crippen LogP contribution in [0, 0.1) is 5.92 Å². The Kier molecular flexibility index (Phi) is 7.87. The zero-order chi connectivity index (χ0) is 22.9. The number of rotatable bonds is 9. The summed E-state index contributed by atoms with van der Waals surface area (Å²) in [4.78, 5) is 11.4. The van der Waals surface area contributed by atoms with Crippen LogP contribution in [0.5, 0.6) is 0 Å². The predicted octanol–water partition coefficient (Wildman–Crippen LogP) is -4.54. The summed E-state index contributed by atoms with van der Waals surface area (Å²) in [5.74, 6) is -3.16. The van der Waals surface area contributed by atoms with E-state index in [0.29, 0.717) is 6.42 Å². The molecular formula is C18H31NO12. The minimum Gasteiger partial charge on any atom is -0.480 e. The third kappa shape index (κ3) is 5.51. The van der Waals surface area contributed by atoms with Crippen molar-refractivity contribution >= 4 is 5.97 Å². The highest BCUT2D eigenvalue weighted by Crippen LogP contribution is 2.34. The van der Waals surface area contributed by atoms with E-state index in [-0.39, 0.29) is 5.92 Å². The van der Waals surface area contributed by atoms with Gasteiger partial charge in [0.05, 0.1) is 19.8 Å². The van der Waals surface area contributed by atoms with Crippen molar-refractivity contribution in [3.63, 3.8) is 0 Å².